The van der Waals surface area contributed by atoms with Crippen molar-refractivity contribution in [2.75, 3.05) is 4.90 Å². The lowest BCUT2D eigenvalue weighted by atomic mass is 9.99. The molecular formula is C55H39N3. The molecule has 0 aliphatic carbocycles. The molecule has 2 heterocycles. The minimum atomic E-state index is 1.12. The number of anilines is 3. The van der Waals surface area contributed by atoms with Crippen molar-refractivity contribution in [3.63, 3.8) is 0 Å². The average molecular weight is 742 g/mol. The van der Waals surface area contributed by atoms with Gasteiger partial charge in [0.15, 0.2) is 0 Å². The van der Waals surface area contributed by atoms with E-state index >= 15 is 0 Å². The van der Waals surface area contributed by atoms with Gasteiger partial charge in [0, 0.05) is 50.0 Å². The van der Waals surface area contributed by atoms with E-state index in [4.69, 9.17) is 0 Å². The molecule has 0 atom stereocenters. The van der Waals surface area contributed by atoms with Gasteiger partial charge in [0.2, 0.25) is 0 Å². The topological polar surface area (TPSA) is 13.1 Å². The predicted molar refractivity (Wildman–Crippen MR) is 245 cm³/mol. The summed E-state index contributed by atoms with van der Waals surface area (Å²) >= 11 is 0. The van der Waals surface area contributed by atoms with Crippen LogP contribution < -0.4 is 4.90 Å². The van der Waals surface area contributed by atoms with Crippen LogP contribution >= 0.6 is 0 Å². The van der Waals surface area contributed by atoms with E-state index in [0.717, 1.165) is 22.7 Å². The van der Waals surface area contributed by atoms with Crippen molar-refractivity contribution < 1.29 is 0 Å². The Morgan fingerprint density at radius 2 is 0.621 bits per heavy atom. The molecule has 0 bridgehead atoms. The fourth-order valence-corrected chi connectivity index (χ4v) is 8.81. The van der Waals surface area contributed by atoms with Gasteiger partial charge in [-0.3, -0.25) is 0 Å². The minimum absolute atomic E-state index is 1.12. The van der Waals surface area contributed by atoms with Crippen LogP contribution in [0.2, 0.25) is 0 Å². The van der Waals surface area contributed by atoms with Crippen molar-refractivity contribution in [2.45, 2.75) is 6.92 Å². The van der Waals surface area contributed by atoms with Gasteiger partial charge in [0.25, 0.3) is 0 Å². The van der Waals surface area contributed by atoms with E-state index in [1.54, 1.807) is 0 Å². The van der Waals surface area contributed by atoms with Crippen LogP contribution in [0.1, 0.15) is 5.56 Å². The molecule has 0 fully saturated rings. The smallest absolute Gasteiger partial charge is 0.0541 e. The molecule has 9 aromatic carbocycles. The van der Waals surface area contributed by atoms with Gasteiger partial charge in [-0.1, -0.05) is 115 Å². The van der Waals surface area contributed by atoms with Crippen molar-refractivity contribution in [3.8, 4) is 33.6 Å². The molecule has 0 radical (unpaired) electrons. The Kier molecular flexibility index (Phi) is 8.04. The number of nitrogens with zero attached hydrogens (tertiary/aromatic N) is 3. The number of fused-ring (bicyclic) bond motifs is 6. The summed E-state index contributed by atoms with van der Waals surface area (Å²) in [6.07, 6.45) is 0. The molecule has 3 heteroatoms. The lowest BCUT2D eigenvalue weighted by Crippen LogP contribution is -2.09. The summed E-state index contributed by atoms with van der Waals surface area (Å²) in [7, 11) is 0. The summed E-state index contributed by atoms with van der Waals surface area (Å²) in [5.74, 6) is 0. The molecule has 2 aromatic heterocycles. The second-order valence-corrected chi connectivity index (χ2v) is 15.1. The molecule has 0 spiro atoms. The van der Waals surface area contributed by atoms with Crippen LogP contribution in [0.5, 0.6) is 0 Å². The third-order valence-electron chi connectivity index (χ3n) is 11.5. The highest BCUT2D eigenvalue weighted by molar-refractivity contribution is 6.13. The molecule has 11 rings (SSSR count). The standard InChI is InChI=1S/C55H39N3/c1-38-22-30-52-48(34-38)49-36-41(26-32-53(49)57(52)45-18-10-4-11-19-45)42-27-33-55-51(37-42)50-35-40(25-31-54(50)58(55)46-20-12-5-13-21-46)39-23-28-47(29-24-39)56(43-14-6-2-7-15-43)44-16-8-3-9-17-44/h2-37H,1H3. The second kappa shape index (κ2) is 13.8. The molecule has 58 heavy (non-hydrogen) atoms. The molecule has 0 unspecified atom stereocenters. The summed E-state index contributed by atoms with van der Waals surface area (Å²) in [5.41, 5.74) is 16.5. The highest BCUT2D eigenvalue weighted by Crippen LogP contribution is 2.41. The number of aryl methyl sites for hydroxylation is 1. The first-order valence-electron chi connectivity index (χ1n) is 19.9. The summed E-state index contributed by atoms with van der Waals surface area (Å²) in [6, 6.07) is 79.2. The Morgan fingerprint density at radius 3 is 1.05 bits per heavy atom. The number of benzene rings is 9. The second-order valence-electron chi connectivity index (χ2n) is 15.1. The SMILES string of the molecule is Cc1ccc2c(c1)c1cc(-c3ccc4c(c3)c3cc(-c5ccc(N(c6ccccc6)c6ccccc6)cc5)ccc3n4-c3ccccc3)ccc1n2-c1ccccc1. The zero-order valence-electron chi connectivity index (χ0n) is 32.1. The Morgan fingerprint density at radius 1 is 0.293 bits per heavy atom. The van der Waals surface area contributed by atoms with E-state index in [-0.39, 0.29) is 0 Å². The number of para-hydroxylation sites is 4. The minimum Gasteiger partial charge on any atom is -0.311 e. The number of hydrogen-bond acceptors (Lipinski definition) is 1. The van der Waals surface area contributed by atoms with E-state index in [1.807, 2.05) is 0 Å². The van der Waals surface area contributed by atoms with Crippen LogP contribution in [0.25, 0.3) is 77.2 Å². The highest BCUT2D eigenvalue weighted by Gasteiger charge is 2.18. The van der Waals surface area contributed by atoms with Crippen molar-refractivity contribution in [2.24, 2.45) is 0 Å². The van der Waals surface area contributed by atoms with Crippen LogP contribution in [0, 0.1) is 6.92 Å². The zero-order chi connectivity index (χ0) is 38.6. The lowest BCUT2D eigenvalue weighted by molar-refractivity contribution is 1.18. The number of rotatable bonds is 7. The van der Waals surface area contributed by atoms with Gasteiger partial charge in [-0.05, 0) is 138 Å². The largest absolute Gasteiger partial charge is 0.311 e. The van der Waals surface area contributed by atoms with Crippen molar-refractivity contribution in [1.29, 1.82) is 0 Å². The Hall–Kier alpha value is -7.62. The highest BCUT2D eigenvalue weighted by atomic mass is 15.1. The van der Waals surface area contributed by atoms with Gasteiger partial charge >= 0.3 is 0 Å². The van der Waals surface area contributed by atoms with Crippen LogP contribution in [0.15, 0.2) is 218 Å². The van der Waals surface area contributed by atoms with E-state index in [2.05, 4.69) is 239 Å². The Balaban J connectivity index is 1.05. The maximum Gasteiger partial charge on any atom is 0.0541 e. The first-order chi connectivity index (χ1) is 28.7. The number of aromatic nitrogens is 2. The summed E-state index contributed by atoms with van der Waals surface area (Å²) in [4.78, 5) is 2.31. The Bertz CT molecular complexity index is 3210. The summed E-state index contributed by atoms with van der Waals surface area (Å²) < 4.78 is 4.79. The number of hydrogen-bond donors (Lipinski definition) is 0. The van der Waals surface area contributed by atoms with Crippen LogP contribution in [0.3, 0.4) is 0 Å². The quantitative estimate of drug-likeness (QED) is 0.159. The molecule has 0 aliphatic heterocycles. The van der Waals surface area contributed by atoms with E-state index in [9.17, 15) is 0 Å². The van der Waals surface area contributed by atoms with Crippen molar-refractivity contribution >= 4 is 60.7 Å². The van der Waals surface area contributed by atoms with Crippen molar-refractivity contribution in [1.82, 2.24) is 9.13 Å². The molecule has 0 aliphatic rings. The molecule has 0 saturated heterocycles. The van der Waals surface area contributed by atoms with Crippen LogP contribution in [0.4, 0.5) is 17.1 Å². The van der Waals surface area contributed by atoms with Crippen molar-refractivity contribution in [3.05, 3.63) is 224 Å². The summed E-state index contributed by atoms with van der Waals surface area (Å²) in [5, 5.41) is 5.00. The predicted octanol–water partition coefficient (Wildman–Crippen LogP) is 15.0. The van der Waals surface area contributed by atoms with E-state index < -0.39 is 0 Å². The first-order valence-corrected chi connectivity index (χ1v) is 19.9. The van der Waals surface area contributed by atoms with Gasteiger partial charge < -0.3 is 14.0 Å². The van der Waals surface area contributed by atoms with Gasteiger partial charge in [-0.15, -0.1) is 0 Å². The normalized spacial score (nSPS) is 11.5. The summed E-state index contributed by atoms with van der Waals surface area (Å²) in [6.45, 7) is 2.18. The third kappa shape index (κ3) is 5.67. The maximum atomic E-state index is 2.40. The molecule has 11 aromatic rings. The molecule has 274 valence electrons. The molecule has 0 amide bonds. The van der Waals surface area contributed by atoms with Gasteiger partial charge in [0.05, 0.1) is 22.1 Å². The fourth-order valence-electron chi connectivity index (χ4n) is 8.81. The van der Waals surface area contributed by atoms with E-state index in [0.29, 0.717) is 0 Å². The zero-order valence-corrected chi connectivity index (χ0v) is 32.1. The molecule has 0 saturated carbocycles. The molecular weight excluding hydrogens is 703 g/mol. The third-order valence-corrected chi connectivity index (χ3v) is 11.5. The van der Waals surface area contributed by atoms with Crippen LogP contribution in [-0.4, -0.2) is 9.13 Å². The van der Waals surface area contributed by atoms with Gasteiger partial charge in [0.1, 0.15) is 0 Å². The molecule has 0 N–H and O–H groups in total. The van der Waals surface area contributed by atoms with Gasteiger partial charge in [-0.25, -0.2) is 0 Å². The average Bonchev–Trinajstić information content (AvgIpc) is 3.79. The first kappa shape index (κ1) is 33.7. The maximum absolute atomic E-state index is 2.40. The monoisotopic (exact) mass is 741 g/mol. The fraction of sp³-hybridized carbons (Fsp3) is 0.0182. The Labute approximate surface area is 337 Å². The van der Waals surface area contributed by atoms with Gasteiger partial charge in [-0.2, -0.15) is 0 Å². The van der Waals surface area contributed by atoms with E-state index in [1.165, 1.54) is 77.1 Å². The lowest BCUT2D eigenvalue weighted by Gasteiger charge is -2.25. The molecule has 3 nitrogen and oxygen atoms in total. The van der Waals surface area contributed by atoms with Crippen LogP contribution in [-0.2, 0) is 0 Å².